The topological polar surface area (TPSA) is 113 Å². The van der Waals surface area contributed by atoms with Crippen LogP contribution in [-0.4, -0.2) is 66.4 Å². The number of nitrogens with zero attached hydrogens (tertiary/aromatic N) is 3. The molecule has 252 valence electrons. The van der Waals surface area contributed by atoms with Crippen LogP contribution in [0, 0.1) is 0 Å². The highest BCUT2D eigenvalue weighted by molar-refractivity contribution is 7.22. The molecule has 4 saturated carbocycles. The Balaban J connectivity index is 1.03. The monoisotopic (exact) mass is 675 g/mol. The fourth-order valence-corrected chi connectivity index (χ4v) is 9.75. The number of thiazole rings is 1. The van der Waals surface area contributed by atoms with E-state index in [9.17, 15) is 22.8 Å². The molecule has 47 heavy (non-hydrogen) atoms. The summed E-state index contributed by atoms with van der Waals surface area (Å²) < 4.78 is 67.3. The van der Waals surface area contributed by atoms with Gasteiger partial charge in [-0.15, -0.1) is 13.2 Å². The molecule has 3 aromatic rings. The Labute approximate surface area is 272 Å². The first kappa shape index (κ1) is 30.9. The number of carbonyl (C=O) groups is 2. The Kier molecular flexibility index (Phi) is 7.29. The number of aromatic nitrogens is 2. The number of ether oxygens (including phenoxy) is 4. The minimum absolute atomic E-state index is 0.0125. The number of halogens is 3. The Morgan fingerprint density at radius 1 is 0.979 bits per heavy atom. The number of benzene rings is 1. The van der Waals surface area contributed by atoms with E-state index < -0.39 is 18.1 Å². The molecule has 6 fully saturated rings. The number of anilines is 1. The lowest BCUT2D eigenvalue weighted by atomic mass is 9.57. The smallest absolute Gasteiger partial charge is 0.465 e. The van der Waals surface area contributed by atoms with Crippen molar-refractivity contribution in [2.75, 3.05) is 19.1 Å². The van der Waals surface area contributed by atoms with E-state index in [0.717, 1.165) is 83.1 Å². The van der Waals surface area contributed by atoms with Gasteiger partial charge in [0.2, 0.25) is 0 Å². The van der Waals surface area contributed by atoms with Crippen LogP contribution >= 0.6 is 11.3 Å². The molecule has 0 amide bonds. The summed E-state index contributed by atoms with van der Waals surface area (Å²) in [5.41, 5.74) is 0.983. The maximum Gasteiger partial charge on any atom is 0.573 e. The maximum absolute atomic E-state index is 14.0. The van der Waals surface area contributed by atoms with Crippen LogP contribution in [0.15, 0.2) is 16.7 Å². The second kappa shape index (κ2) is 11.1. The van der Waals surface area contributed by atoms with Gasteiger partial charge in [-0.05, 0) is 76.3 Å². The van der Waals surface area contributed by atoms with Crippen LogP contribution in [0.2, 0.25) is 0 Å². The van der Waals surface area contributed by atoms with Crippen molar-refractivity contribution >= 4 is 38.6 Å². The van der Waals surface area contributed by atoms with E-state index in [4.69, 9.17) is 18.7 Å². The first-order chi connectivity index (χ1) is 22.5. The number of rotatable bonds is 8. The van der Waals surface area contributed by atoms with Crippen molar-refractivity contribution in [3.05, 3.63) is 34.7 Å². The van der Waals surface area contributed by atoms with E-state index in [1.165, 1.54) is 17.4 Å². The van der Waals surface area contributed by atoms with Gasteiger partial charge in [-0.3, -0.25) is 0 Å². The lowest BCUT2D eigenvalue weighted by Gasteiger charge is -2.52. The first-order valence-electron chi connectivity index (χ1n) is 16.3. The minimum Gasteiger partial charge on any atom is -0.465 e. The maximum atomic E-state index is 14.0. The highest BCUT2D eigenvalue weighted by Crippen LogP contribution is 2.56. The Bertz CT molecular complexity index is 1690. The number of piperidine rings is 1. The van der Waals surface area contributed by atoms with Crippen LogP contribution in [-0.2, 0) is 19.6 Å². The van der Waals surface area contributed by atoms with Gasteiger partial charge in [-0.25, -0.2) is 14.6 Å². The molecule has 2 aliphatic heterocycles. The summed E-state index contributed by atoms with van der Waals surface area (Å²) >= 11 is 1.21. The summed E-state index contributed by atoms with van der Waals surface area (Å²) in [4.78, 5) is 32.9. The van der Waals surface area contributed by atoms with Gasteiger partial charge >= 0.3 is 18.3 Å². The summed E-state index contributed by atoms with van der Waals surface area (Å²) in [6.07, 6.45) is 4.97. The molecule has 2 saturated heterocycles. The van der Waals surface area contributed by atoms with E-state index in [-0.39, 0.29) is 52.2 Å². The molecule has 6 aliphatic rings. The van der Waals surface area contributed by atoms with Gasteiger partial charge in [0.05, 0.1) is 23.0 Å². The van der Waals surface area contributed by atoms with Crippen molar-refractivity contribution in [2.24, 2.45) is 0 Å². The van der Waals surface area contributed by atoms with Crippen LogP contribution in [0.25, 0.3) is 10.2 Å². The van der Waals surface area contributed by atoms with E-state index in [0.29, 0.717) is 34.0 Å². The molecule has 2 aromatic heterocycles. The number of esters is 2. The number of hydrogen-bond donors (Lipinski definition) is 0. The highest BCUT2D eigenvalue weighted by Gasteiger charge is 2.54. The van der Waals surface area contributed by atoms with Crippen LogP contribution in [0.4, 0.5) is 18.3 Å². The van der Waals surface area contributed by atoms with Crippen LogP contribution in [0.1, 0.15) is 115 Å². The summed E-state index contributed by atoms with van der Waals surface area (Å²) in [6, 6.07) is 2.46. The molecule has 0 spiro atoms. The normalized spacial score (nSPS) is 30.1. The molecule has 14 heteroatoms. The van der Waals surface area contributed by atoms with Crippen molar-refractivity contribution in [1.82, 2.24) is 10.1 Å². The molecule has 1 aromatic carbocycles. The fraction of sp³-hybridized carbons (Fsp3) is 0.636. The third kappa shape index (κ3) is 5.35. The third-order valence-corrected chi connectivity index (χ3v) is 12.3. The van der Waals surface area contributed by atoms with Gasteiger partial charge in [0.25, 0.3) is 0 Å². The second-order valence-electron chi connectivity index (χ2n) is 13.9. The number of alkyl halides is 3. The quantitative estimate of drug-likeness (QED) is 0.227. The fourth-order valence-electron chi connectivity index (χ4n) is 8.58. The number of methoxy groups -OCH3 is 2. The number of hydrogen-bond acceptors (Lipinski definition) is 11. The molecule has 9 rings (SSSR count). The largest absolute Gasteiger partial charge is 0.573 e. The molecule has 0 radical (unpaired) electrons. The zero-order valence-electron chi connectivity index (χ0n) is 26.2. The molecule has 0 N–H and O–H groups in total. The van der Waals surface area contributed by atoms with Crippen LogP contribution in [0.3, 0.4) is 0 Å². The van der Waals surface area contributed by atoms with Crippen LogP contribution < -0.4 is 9.64 Å². The average Bonchev–Trinajstić information content (AvgIpc) is 3.53. The number of carbonyl (C=O) groups excluding carboxylic acids is 2. The molecule has 0 unspecified atom stereocenters. The number of fused-ring (bicyclic) bond motifs is 6. The SMILES string of the molecule is COC(=O)c1cc(OC(F)(F)F)c2nc(N3[C@@H]4CC[C@H]3C[C@H](OC(=O)c3c(C56CCC(OC)(CC5)CC6)noc3C3CC3)C4)sc2c1. The van der Waals surface area contributed by atoms with Crippen molar-refractivity contribution in [1.29, 1.82) is 0 Å². The van der Waals surface area contributed by atoms with Gasteiger partial charge in [-0.2, -0.15) is 0 Å². The highest BCUT2D eigenvalue weighted by atomic mass is 32.1. The predicted molar refractivity (Wildman–Crippen MR) is 163 cm³/mol. The third-order valence-electron chi connectivity index (χ3n) is 11.3. The second-order valence-corrected chi connectivity index (χ2v) is 14.9. The van der Waals surface area contributed by atoms with E-state index in [1.54, 1.807) is 7.11 Å². The zero-order chi connectivity index (χ0) is 32.7. The standard InChI is InChI=1S/C33H36F3N3O7S/c1-42-28(40)18-13-22(45-33(34,35)36)25-23(14-18)47-30(37-25)39-19-5-6-20(39)16-21(15-19)44-29(41)24-26(17-3-4-17)46-38-27(24)31-7-10-32(43-2,11-8-31)12-9-31/h13-14,17,19-21H,3-12,15-16H2,1-2H3/t19-,20+,21-,31?,32?. The molecular weight excluding hydrogens is 639 g/mol. The summed E-state index contributed by atoms with van der Waals surface area (Å²) in [5, 5.41) is 5.10. The van der Waals surface area contributed by atoms with Crippen molar-refractivity contribution < 1.29 is 46.2 Å². The lowest BCUT2D eigenvalue weighted by molar-refractivity contribution is -0.274. The van der Waals surface area contributed by atoms with E-state index in [2.05, 4.69) is 19.8 Å². The molecule has 4 bridgehead atoms. The van der Waals surface area contributed by atoms with Gasteiger partial charge < -0.3 is 28.4 Å². The van der Waals surface area contributed by atoms with Crippen molar-refractivity contribution in [2.45, 2.75) is 119 Å². The first-order valence-corrected chi connectivity index (χ1v) is 17.2. The molecule has 4 aliphatic carbocycles. The molecule has 10 nitrogen and oxygen atoms in total. The Hall–Kier alpha value is -3.39. The van der Waals surface area contributed by atoms with Crippen LogP contribution in [0.5, 0.6) is 5.75 Å². The molecule has 3 atom stereocenters. The van der Waals surface area contributed by atoms with Gasteiger partial charge in [0.15, 0.2) is 16.6 Å². The summed E-state index contributed by atoms with van der Waals surface area (Å²) in [6.45, 7) is 0. The molecule has 4 heterocycles. The van der Waals surface area contributed by atoms with Crippen molar-refractivity contribution in [3.63, 3.8) is 0 Å². The Morgan fingerprint density at radius 2 is 1.66 bits per heavy atom. The Morgan fingerprint density at radius 3 is 2.26 bits per heavy atom. The lowest BCUT2D eigenvalue weighted by Crippen LogP contribution is -2.50. The molecular formula is C33H36F3N3O7S. The van der Waals surface area contributed by atoms with E-state index >= 15 is 0 Å². The minimum atomic E-state index is -4.96. The van der Waals surface area contributed by atoms with Gasteiger partial charge in [0.1, 0.15) is 22.9 Å². The van der Waals surface area contributed by atoms with Crippen molar-refractivity contribution in [3.8, 4) is 5.75 Å². The average molecular weight is 676 g/mol. The van der Waals surface area contributed by atoms with Gasteiger partial charge in [0, 0.05) is 43.4 Å². The predicted octanol–water partition coefficient (Wildman–Crippen LogP) is 7.19. The van der Waals surface area contributed by atoms with E-state index in [1.807, 2.05) is 0 Å². The summed E-state index contributed by atoms with van der Waals surface area (Å²) in [7, 11) is 2.95. The van der Waals surface area contributed by atoms with Gasteiger partial charge in [-0.1, -0.05) is 16.5 Å². The summed E-state index contributed by atoms with van der Waals surface area (Å²) in [5.74, 6) is -0.829. The zero-order valence-corrected chi connectivity index (χ0v) is 27.0.